The summed E-state index contributed by atoms with van der Waals surface area (Å²) >= 11 is 0. The van der Waals surface area contributed by atoms with Gasteiger partial charge in [-0.15, -0.1) is 0 Å². The van der Waals surface area contributed by atoms with E-state index in [0.717, 1.165) is 34.0 Å². The summed E-state index contributed by atoms with van der Waals surface area (Å²) in [5.41, 5.74) is 3.51. The lowest BCUT2D eigenvalue weighted by atomic mass is 10.0. The molecular weight excluding hydrogens is 338 g/mol. The number of furan rings is 1. The van der Waals surface area contributed by atoms with Gasteiger partial charge >= 0.3 is 0 Å². The van der Waals surface area contributed by atoms with Crippen molar-refractivity contribution < 1.29 is 9.15 Å². The van der Waals surface area contributed by atoms with Crippen LogP contribution < -0.4 is 0 Å². The third-order valence-electron chi connectivity index (χ3n) is 4.63. The van der Waals surface area contributed by atoms with E-state index in [1.165, 1.54) is 0 Å². The van der Waals surface area contributed by atoms with Gasteiger partial charge in [-0.25, -0.2) is 9.98 Å². The minimum atomic E-state index is -0.665. The average molecular weight is 365 g/mol. The summed E-state index contributed by atoms with van der Waals surface area (Å²) in [6.45, 7) is 8.66. The van der Waals surface area contributed by atoms with E-state index in [9.17, 15) is 0 Å². The van der Waals surface area contributed by atoms with Crippen molar-refractivity contribution in [3.05, 3.63) is 66.0 Å². The van der Waals surface area contributed by atoms with Gasteiger partial charge < -0.3 is 14.1 Å². The number of rotatable bonds is 5. The molecule has 0 aromatic carbocycles. The zero-order valence-electron chi connectivity index (χ0n) is 16.7. The van der Waals surface area contributed by atoms with Gasteiger partial charge in [0.15, 0.2) is 0 Å². The molecule has 0 radical (unpaired) electrons. The second-order valence-corrected chi connectivity index (χ2v) is 6.95. The lowest BCUT2D eigenvalue weighted by Gasteiger charge is -2.35. The van der Waals surface area contributed by atoms with Gasteiger partial charge in [0.25, 0.3) is 0 Å². The van der Waals surface area contributed by atoms with Crippen LogP contribution in [0.15, 0.2) is 74.8 Å². The predicted molar refractivity (Wildman–Crippen MR) is 111 cm³/mol. The molecule has 0 saturated carbocycles. The van der Waals surface area contributed by atoms with Crippen molar-refractivity contribution in [2.45, 2.75) is 39.8 Å². The molecule has 0 saturated heterocycles. The van der Waals surface area contributed by atoms with Gasteiger partial charge in [0.2, 0.25) is 5.72 Å². The molecule has 0 spiro atoms. The highest BCUT2D eigenvalue weighted by Gasteiger charge is 2.39. The van der Waals surface area contributed by atoms with Crippen molar-refractivity contribution in [3.8, 4) is 0 Å². The summed E-state index contributed by atoms with van der Waals surface area (Å²) in [4.78, 5) is 11.4. The monoisotopic (exact) mass is 365 g/mol. The van der Waals surface area contributed by atoms with Gasteiger partial charge in [0.1, 0.15) is 11.6 Å². The zero-order valence-corrected chi connectivity index (χ0v) is 16.7. The molecular formula is C22H27N3O2. The molecule has 0 fully saturated rings. The van der Waals surface area contributed by atoms with Crippen LogP contribution in [0.4, 0.5) is 0 Å². The lowest BCUT2D eigenvalue weighted by Crippen LogP contribution is -2.43. The van der Waals surface area contributed by atoms with Crippen LogP contribution in [-0.4, -0.2) is 35.8 Å². The van der Waals surface area contributed by atoms with Crippen LogP contribution in [0.3, 0.4) is 0 Å². The Labute approximate surface area is 161 Å². The van der Waals surface area contributed by atoms with Crippen LogP contribution >= 0.6 is 0 Å². The first-order valence-electron chi connectivity index (χ1n) is 9.20. The van der Waals surface area contributed by atoms with Crippen molar-refractivity contribution >= 4 is 17.1 Å². The summed E-state index contributed by atoms with van der Waals surface area (Å²) in [6, 6.07) is 1.96. The van der Waals surface area contributed by atoms with Crippen LogP contribution in [0.2, 0.25) is 0 Å². The maximum Gasteiger partial charge on any atom is 0.224 e. The van der Waals surface area contributed by atoms with Gasteiger partial charge in [0, 0.05) is 18.8 Å². The van der Waals surface area contributed by atoms with Crippen molar-refractivity contribution in [3.63, 3.8) is 0 Å². The SMILES string of the molecule is C/C=C(OC12CC(=NC(C)=N1)C=CN(C)C2)/C(C)=C\C(=C/C)c1ccoc1. The minimum Gasteiger partial charge on any atom is -0.472 e. The summed E-state index contributed by atoms with van der Waals surface area (Å²) in [7, 11) is 2.03. The van der Waals surface area contributed by atoms with Crippen molar-refractivity contribution in [2.75, 3.05) is 13.6 Å². The maximum atomic E-state index is 6.54. The highest BCUT2D eigenvalue weighted by Crippen LogP contribution is 2.32. The Hall–Kier alpha value is -2.82. The standard InChI is InChI=1S/C22H27N3O2/c1-6-18(19-9-11-26-14-19)12-16(3)21(7-2)27-22-13-20(23-17(4)24-22)8-10-25(5)15-22/h6-12,14H,13,15H2,1-5H3/b16-12-,18-6+,21-7-. The fourth-order valence-electron chi connectivity index (χ4n) is 3.46. The van der Waals surface area contributed by atoms with E-state index in [2.05, 4.69) is 29.0 Å². The van der Waals surface area contributed by atoms with E-state index in [1.807, 2.05) is 52.2 Å². The van der Waals surface area contributed by atoms with E-state index in [-0.39, 0.29) is 0 Å². The Balaban J connectivity index is 1.88. The quantitative estimate of drug-likeness (QED) is 0.547. The molecule has 1 aromatic rings. The molecule has 0 aliphatic carbocycles. The first kappa shape index (κ1) is 19.0. The van der Waals surface area contributed by atoms with E-state index in [0.29, 0.717) is 13.0 Å². The molecule has 2 aliphatic rings. The number of fused-ring (bicyclic) bond motifs is 2. The van der Waals surface area contributed by atoms with Gasteiger partial charge in [-0.2, -0.15) is 0 Å². The fourth-order valence-corrected chi connectivity index (χ4v) is 3.46. The van der Waals surface area contributed by atoms with Crippen molar-refractivity contribution in [1.82, 2.24) is 4.90 Å². The van der Waals surface area contributed by atoms with E-state index in [1.54, 1.807) is 12.5 Å². The largest absolute Gasteiger partial charge is 0.472 e. The fraction of sp³-hybridized carbons (Fsp3) is 0.364. The molecule has 3 rings (SSSR count). The average Bonchev–Trinajstić information content (AvgIpc) is 3.12. The molecule has 0 amide bonds. The summed E-state index contributed by atoms with van der Waals surface area (Å²) < 4.78 is 11.8. The first-order valence-corrected chi connectivity index (χ1v) is 9.20. The molecule has 5 nitrogen and oxygen atoms in total. The lowest BCUT2D eigenvalue weighted by molar-refractivity contribution is 0.00332. The van der Waals surface area contributed by atoms with E-state index >= 15 is 0 Å². The molecule has 27 heavy (non-hydrogen) atoms. The van der Waals surface area contributed by atoms with E-state index < -0.39 is 5.72 Å². The normalized spacial score (nSPS) is 23.7. The number of amidine groups is 1. The predicted octanol–water partition coefficient (Wildman–Crippen LogP) is 4.97. The Morgan fingerprint density at radius 3 is 2.81 bits per heavy atom. The van der Waals surface area contributed by atoms with Crippen molar-refractivity contribution in [1.29, 1.82) is 0 Å². The highest BCUT2D eigenvalue weighted by molar-refractivity contribution is 6.05. The number of aliphatic imine (C=N–C) groups is 2. The summed E-state index contributed by atoms with van der Waals surface area (Å²) in [5.74, 6) is 1.58. The van der Waals surface area contributed by atoms with Crippen LogP contribution in [0, 0.1) is 0 Å². The highest BCUT2D eigenvalue weighted by atomic mass is 16.5. The second-order valence-electron chi connectivity index (χ2n) is 6.95. The number of hydrogen-bond acceptors (Lipinski definition) is 5. The smallest absolute Gasteiger partial charge is 0.224 e. The second kappa shape index (κ2) is 7.82. The maximum absolute atomic E-state index is 6.54. The Morgan fingerprint density at radius 1 is 1.33 bits per heavy atom. The van der Waals surface area contributed by atoms with Crippen LogP contribution in [0.5, 0.6) is 0 Å². The van der Waals surface area contributed by atoms with Gasteiger partial charge in [0.05, 0.1) is 31.2 Å². The molecule has 142 valence electrons. The summed E-state index contributed by atoms with van der Waals surface area (Å²) in [5, 5.41) is 0. The van der Waals surface area contributed by atoms with Crippen LogP contribution in [0.25, 0.3) is 5.57 Å². The Kier molecular flexibility index (Phi) is 5.49. The topological polar surface area (TPSA) is 50.3 Å². The van der Waals surface area contributed by atoms with Crippen molar-refractivity contribution in [2.24, 2.45) is 9.98 Å². The molecule has 1 unspecified atom stereocenters. The number of ether oxygens (including phenoxy) is 1. The molecule has 0 N–H and O–H groups in total. The van der Waals surface area contributed by atoms with Gasteiger partial charge in [-0.1, -0.05) is 6.08 Å². The molecule has 3 heterocycles. The Bertz CT molecular complexity index is 869. The molecule has 2 aliphatic heterocycles. The number of likely N-dealkylation sites (N-methyl/N-ethyl adjacent to an activating group) is 1. The zero-order chi connectivity index (χ0) is 19.4. The van der Waals surface area contributed by atoms with Gasteiger partial charge in [-0.05, 0) is 63.1 Å². The first-order chi connectivity index (χ1) is 12.9. The minimum absolute atomic E-state index is 0.661. The van der Waals surface area contributed by atoms with Crippen LogP contribution in [0.1, 0.15) is 39.7 Å². The van der Waals surface area contributed by atoms with E-state index in [4.69, 9.17) is 14.1 Å². The van der Waals surface area contributed by atoms with Gasteiger partial charge in [-0.3, -0.25) is 0 Å². The van der Waals surface area contributed by atoms with Crippen LogP contribution in [-0.2, 0) is 4.74 Å². The third-order valence-corrected chi connectivity index (χ3v) is 4.63. The molecule has 5 heteroatoms. The number of allylic oxidation sites excluding steroid dienone is 6. The third kappa shape index (κ3) is 4.30. The summed E-state index contributed by atoms with van der Waals surface area (Å²) in [6.07, 6.45) is 14.3. The Morgan fingerprint density at radius 2 is 2.15 bits per heavy atom. The molecule has 2 bridgehead atoms. The molecule has 1 aromatic heterocycles. The molecule has 1 atom stereocenters. The number of nitrogens with zero attached hydrogens (tertiary/aromatic N) is 3. The number of hydrogen-bond donors (Lipinski definition) is 0.